The fourth-order valence-electron chi connectivity index (χ4n) is 2.97. The van der Waals surface area contributed by atoms with E-state index in [0.717, 1.165) is 0 Å². The van der Waals surface area contributed by atoms with Gasteiger partial charge in [0.1, 0.15) is 17.5 Å². The van der Waals surface area contributed by atoms with Crippen LogP contribution in [0.5, 0.6) is 0 Å². The van der Waals surface area contributed by atoms with Crippen LogP contribution in [0.15, 0.2) is 30.5 Å². The lowest BCUT2D eigenvalue weighted by Crippen LogP contribution is -2.47. The molecule has 2 N–H and O–H groups in total. The van der Waals surface area contributed by atoms with Crippen molar-refractivity contribution in [3.05, 3.63) is 41.3 Å². The molecule has 31 heavy (non-hydrogen) atoms. The Kier molecular flexibility index (Phi) is 7.07. The summed E-state index contributed by atoms with van der Waals surface area (Å²) in [7, 11) is 0. The quantitative estimate of drug-likeness (QED) is 0.731. The second-order valence-corrected chi connectivity index (χ2v) is 8.53. The van der Waals surface area contributed by atoms with Crippen LogP contribution >= 0.6 is 11.6 Å². The van der Waals surface area contributed by atoms with Crippen LogP contribution in [0.3, 0.4) is 0 Å². The normalized spacial score (nSPS) is 18.9. The monoisotopic (exact) mass is 450 g/mol. The van der Waals surface area contributed by atoms with Gasteiger partial charge in [0.2, 0.25) is 5.95 Å². The highest BCUT2D eigenvalue weighted by Crippen LogP contribution is 2.23. The topological polar surface area (TPSA) is 102 Å². The Morgan fingerprint density at radius 1 is 1.26 bits per heavy atom. The number of amides is 2. The zero-order valence-corrected chi connectivity index (χ0v) is 18.2. The fourth-order valence-corrected chi connectivity index (χ4v) is 3.09. The third kappa shape index (κ3) is 6.60. The number of nitrogens with one attached hydrogen (secondary N) is 2. The van der Waals surface area contributed by atoms with Crippen molar-refractivity contribution in [2.24, 2.45) is 0 Å². The summed E-state index contributed by atoms with van der Waals surface area (Å²) in [5.41, 5.74) is 0.353. The SMILES string of the molecule is CC(C)(C)OC(=O)N[C@@H]1CC[C@@H](C(=O)Nc2nccc(-c3ccc(Cl)c(F)c3)n2)OC1. The first kappa shape index (κ1) is 22.9. The van der Waals surface area contributed by atoms with Crippen LogP contribution in [-0.4, -0.2) is 46.3 Å². The number of aromatic nitrogens is 2. The van der Waals surface area contributed by atoms with E-state index in [1.807, 2.05) is 0 Å². The second kappa shape index (κ2) is 9.57. The van der Waals surface area contributed by atoms with Gasteiger partial charge >= 0.3 is 6.09 Å². The molecule has 1 aromatic carbocycles. The van der Waals surface area contributed by atoms with Crippen molar-refractivity contribution in [3.63, 3.8) is 0 Å². The van der Waals surface area contributed by atoms with Gasteiger partial charge in [-0.3, -0.25) is 10.1 Å². The summed E-state index contributed by atoms with van der Waals surface area (Å²) in [6.07, 6.45) is 1.22. The smallest absolute Gasteiger partial charge is 0.407 e. The maximum atomic E-state index is 13.7. The molecule has 0 aliphatic carbocycles. The Bertz CT molecular complexity index is 959. The number of ether oxygens (including phenoxy) is 2. The summed E-state index contributed by atoms with van der Waals surface area (Å²) in [5, 5.41) is 5.37. The van der Waals surface area contributed by atoms with Crippen LogP contribution in [0.1, 0.15) is 33.6 Å². The zero-order valence-electron chi connectivity index (χ0n) is 17.4. The second-order valence-electron chi connectivity index (χ2n) is 8.13. The first-order valence-corrected chi connectivity index (χ1v) is 10.2. The molecular weight excluding hydrogens is 427 g/mol. The minimum absolute atomic E-state index is 0.0141. The molecule has 0 bridgehead atoms. The number of rotatable bonds is 4. The van der Waals surface area contributed by atoms with Crippen LogP contribution in [0.4, 0.5) is 15.1 Å². The molecular formula is C21H24ClFN4O4. The number of hydrogen-bond donors (Lipinski definition) is 2. The van der Waals surface area contributed by atoms with Crippen LogP contribution < -0.4 is 10.6 Å². The molecule has 0 spiro atoms. The van der Waals surface area contributed by atoms with Crippen LogP contribution in [0.2, 0.25) is 5.02 Å². The molecule has 10 heteroatoms. The molecule has 0 unspecified atom stereocenters. The molecule has 1 fully saturated rings. The largest absolute Gasteiger partial charge is 0.444 e. The highest BCUT2D eigenvalue weighted by molar-refractivity contribution is 6.30. The lowest BCUT2D eigenvalue weighted by molar-refractivity contribution is -0.130. The van der Waals surface area contributed by atoms with Gasteiger partial charge in [-0.1, -0.05) is 17.7 Å². The minimum Gasteiger partial charge on any atom is -0.444 e. The highest BCUT2D eigenvalue weighted by atomic mass is 35.5. The molecule has 8 nitrogen and oxygen atoms in total. The van der Waals surface area contributed by atoms with Crippen LogP contribution in [0.25, 0.3) is 11.3 Å². The van der Waals surface area contributed by atoms with E-state index in [9.17, 15) is 14.0 Å². The molecule has 1 aliphatic rings. The molecule has 3 rings (SSSR count). The summed E-state index contributed by atoms with van der Waals surface area (Å²) < 4.78 is 24.5. The lowest BCUT2D eigenvalue weighted by Gasteiger charge is -2.29. The highest BCUT2D eigenvalue weighted by Gasteiger charge is 2.29. The van der Waals surface area contributed by atoms with E-state index in [0.29, 0.717) is 24.1 Å². The van der Waals surface area contributed by atoms with Gasteiger partial charge in [0.05, 0.1) is 23.4 Å². The summed E-state index contributed by atoms with van der Waals surface area (Å²) in [4.78, 5) is 32.7. The van der Waals surface area contributed by atoms with Crippen molar-refractivity contribution in [1.29, 1.82) is 0 Å². The molecule has 2 aromatic rings. The molecule has 1 aliphatic heterocycles. The summed E-state index contributed by atoms with van der Waals surface area (Å²) >= 11 is 5.71. The van der Waals surface area contributed by atoms with Gasteiger partial charge in [-0.25, -0.2) is 19.2 Å². The van der Waals surface area contributed by atoms with Crippen LogP contribution in [0, 0.1) is 5.82 Å². The van der Waals surface area contributed by atoms with Gasteiger partial charge in [-0.2, -0.15) is 0 Å². The van der Waals surface area contributed by atoms with E-state index in [-0.39, 0.29) is 23.6 Å². The number of anilines is 1. The Morgan fingerprint density at radius 2 is 2.03 bits per heavy atom. The zero-order chi connectivity index (χ0) is 22.6. The molecule has 0 saturated carbocycles. The number of hydrogen-bond acceptors (Lipinski definition) is 6. The maximum Gasteiger partial charge on any atom is 0.407 e. The molecule has 1 aromatic heterocycles. The Balaban J connectivity index is 1.54. The number of carbonyl (C=O) groups excluding carboxylic acids is 2. The van der Waals surface area contributed by atoms with Crippen LogP contribution in [-0.2, 0) is 14.3 Å². The molecule has 2 heterocycles. The number of halogens is 2. The van der Waals surface area contributed by atoms with Crippen molar-refractivity contribution < 1.29 is 23.5 Å². The molecule has 166 valence electrons. The minimum atomic E-state index is -0.697. The molecule has 2 atom stereocenters. The van der Waals surface area contributed by atoms with Crippen molar-refractivity contribution in [2.45, 2.75) is 51.4 Å². The Morgan fingerprint density at radius 3 is 2.68 bits per heavy atom. The van der Waals surface area contributed by atoms with E-state index in [1.54, 1.807) is 32.9 Å². The van der Waals surface area contributed by atoms with E-state index in [1.165, 1.54) is 18.3 Å². The third-order valence-corrected chi connectivity index (χ3v) is 4.70. The van der Waals surface area contributed by atoms with Gasteiger partial charge in [0.15, 0.2) is 0 Å². The third-order valence-electron chi connectivity index (χ3n) is 4.40. The number of carbonyl (C=O) groups is 2. The number of benzene rings is 1. The standard InChI is InChI=1S/C21H24ClFN4O4/c1-21(2,3)31-20(29)25-13-5-7-17(30-11-13)18(28)27-19-24-9-8-16(26-19)12-4-6-14(22)15(23)10-12/h4,6,8-10,13,17H,5,7,11H2,1-3H3,(H,25,29)(H,24,26,27,28)/t13-,17+/m1/s1. The predicted octanol–water partition coefficient (Wildman–Crippen LogP) is 3.95. The van der Waals surface area contributed by atoms with Crippen molar-refractivity contribution in [1.82, 2.24) is 15.3 Å². The van der Waals surface area contributed by atoms with E-state index >= 15 is 0 Å². The van der Waals surface area contributed by atoms with Gasteiger partial charge in [-0.15, -0.1) is 0 Å². The predicted molar refractivity (Wildman–Crippen MR) is 113 cm³/mol. The van der Waals surface area contributed by atoms with Gasteiger partial charge in [0, 0.05) is 11.8 Å². The molecule has 1 saturated heterocycles. The lowest BCUT2D eigenvalue weighted by atomic mass is 10.0. The van der Waals surface area contributed by atoms with Crippen molar-refractivity contribution in [2.75, 3.05) is 11.9 Å². The fraction of sp³-hybridized carbons (Fsp3) is 0.429. The number of alkyl carbamates (subject to hydrolysis) is 1. The van der Waals surface area contributed by atoms with Gasteiger partial charge in [-0.05, 0) is 51.8 Å². The van der Waals surface area contributed by atoms with Gasteiger partial charge < -0.3 is 14.8 Å². The maximum absolute atomic E-state index is 13.7. The first-order valence-electron chi connectivity index (χ1n) is 9.81. The summed E-state index contributed by atoms with van der Waals surface area (Å²) in [5.74, 6) is -0.876. The van der Waals surface area contributed by atoms with Crippen molar-refractivity contribution in [3.8, 4) is 11.3 Å². The van der Waals surface area contributed by atoms with Crippen molar-refractivity contribution >= 4 is 29.5 Å². The Hall–Kier alpha value is -2.78. The average molecular weight is 451 g/mol. The van der Waals surface area contributed by atoms with Gasteiger partial charge in [0.25, 0.3) is 5.91 Å². The molecule has 2 amide bonds. The van der Waals surface area contributed by atoms with E-state index < -0.39 is 29.5 Å². The number of nitrogens with zero attached hydrogens (tertiary/aromatic N) is 2. The molecule has 0 radical (unpaired) electrons. The summed E-state index contributed by atoms with van der Waals surface area (Å²) in [6.45, 7) is 5.53. The van der Waals surface area contributed by atoms with E-state index in [4.69, 9.17) is 21.1 Å². The summed E-state index contributed by atoms with van der Waals surface area (Å²) in [6, 6.07) is 5.69. The average Bonchev–Trinajstić information content (AvgIpc) is 2.69. The van der Waals surface area contributed by atoms with E-state index in [2.05, 4.69) is 20.6 Å². The first-order chi connectivity index (χ1) is 14.6. The Labute approximate surface area is 184 Å².